The van der Waals surface area contributed by atoms with Crippen molar-refractivity contribution in [3.05, 3.63) is 35.0 Å². The van der Waals surface area contributed by atoms with Gasteiger partial charge in [-0.1, -0.05) is 25.3 Å². The van der Waals surface area contributed by atoms with Crippen LogP contribution in [0.1, 0.15) is 99.4 Å². The molecule has 0 unspecified atom stereocenters. The Balaban J connectivity index is 1.29. The summed E-state index contributed by atoms with van der Waals surface area (Å²) in [7, 11) is 0. The molecule has 1 amide bonds. The second kappa shape index (κ2) is 8.85. The number of aromatic nitrogens is 1. The van der Waals surface area contributed by atoms with Crippen LogP contribution in [0.3, 0.4) is 0 Å². The van der Waals surface area contributed by atoms with E-state index in [9.17, 15) is 4.79 Å². The van der Waals surface area contributed by atoms with Gasteiger partial charge in [-0.25, -0.2) is 0 Å². The third kappa shape index (κ3) is 3.69. The average molecular weight is 435 g/mol. The minimum atomic E-state index is 0.303. The zero-order valence-corrected chi connectivity index (χ0v) is 19.7. The second-order valence-corrected chi connectivity index (χ2v) is 11.0. The van der Waals surface area contributed by atoms with Gasteiger partial charge in [-0.15, -0.1) is 0 Å². The molecule has 2 fully saturated rings. The molecule has 1 aromatic heterocycles. The van der Waals surface area contributed by atoms with Crippen LogP contribution in [0.2, 0.25) is 0 Å². The molecule has 4 nitrogen and oxygen atoms in total. The summed E-state index contributed by atoms with van der Waals surface area (Å²) in [5.74, 6) is 1.16. The first kappa shape index (κ1) is 20.8. The highest BCUT2D eigenvalue weighted by Gasteiger charge is 2.38. The van der Waals surface area contributed by atoms with E-state index in [0.29, 0.717) is 18.5 Å². The number of nitrogens with zero attached hydrogens (tertiary/aromatic N) is 2. The number of amides is 1. The van der Waals surface area contributed by atoms with Crippen molar-refractivity contribution in [2.24, 2.45) is 0 Å². The van der Waals surface area contributed by atoms with Crippen LogP contribution in [-0.2, 0) is 17.8 Å². The van der Waals surface area contributed by atoms with Crippen LogP contribution in [0.15, 0.2) is 18.2 Å². The molecule has 6 rings (SSSR count). The first-order valence-corrected chi connectivity index (χ1v) is 13.6. The van der Waals surface area contributed by atoms with Crippen molar-refractivity contribution >= 4 is 16.8 Å². The van der Waals surface area contributed by atoms with Gasteiger partial charge in [0.1, 0.15) is 0 Å². The quantitative estimate of drug-likeness (QED) is 0.764. The minimum absolute atomic E-state index is 0.303. The van der Waals surface area contributed by atoms with Crippen LogP contribution in [-0.4, -0.2) is 41.6 Å². The molecular formula is C28H40N3O+. The molecule has 1 saturated carbocycles. The van der Waals surface area contributed by atoms with E-state index < -0.39 is 0 Å². The molecular weight excluding hydrogens is 394 g/mol. The molecule has 0 radical (unpaired) electrons. The van der Waals surface area contributed by atoms with Crippen molar-refractivity contribution in [1.82, 2.24) is 9.47 Å². The van der Waals surface area contributed by atoms with Crippen molar-refractivity contribution in [2.45, 2.75) is 95.6 Å². The van der Waals surface area contributed by atoms with Crippen molar-refractivity contribution in [1.29, 1.82) is 0 Å². The number of aryl methyl sites for hydroxylation is 1. The minimum Gasteiger partial charge on any atom is -0.341 e. The number of quaternary nitrogens is 1. The molecule has 172 valence electrons. The number of likely N-dealkylation sites (tertiary alicyclic amines) is 1. The summed E-state index contributed by atoms with van der Waals surface area (Å²) in [4.78, 5) is 17.3. The van der Waals surface area contributed by atoms with Crippen molar-refractivity contribution in [3.63, 3.8) is 0 Å². The van der Waals surface area contributed by atoms with Crippen LogP contribution >= 0.6 is 0 Å². The molecule has 2 aliphatic heterocycles. The van der Waals surface area contributed by atoms with Gasteiger partial charge in [0.2, 0.25) is 0 Å². The standard InChI is InChI=1S/C28H39N3O/c32-27(20-29-15-6-1-2-7-16-29)30-17-18-31-25-14-13-22(21-9-4-3-5-10-21)19-24(25)23-11-8-12-26(30)28(23)31/h13-14,19,21,26H,1-12,15-18,20H2/p+1/t26-/m1/s1. The van der Waals surface area contributed by atoms with Crippen LogP contribution in [0, 0.1) is 0 Å². The van der Waals surface area contributed by atoms with Crippen molar-refractivity contribution in [3.8, 4) is 0 Å². The molecule has 1 saturated heterocycles. The number of nitrogens with one attached hydrogen (secondary N) is 1. The van der Waals surface area contributed by atoms with Gasteiger partial charge < -0.3 is 14.4 Å². The van der Waals surface area contributed by atoms with Gasteiger partial charge in [-0.3, -0.25) is 4.79 Å². The number of fused-ring (bicyclic) bond motifs is 3. The Morgan fingerprint density at radius 3 is 2.50 bits per heavy atom. The number of carbonyl (C=O) groups excluding carboxylic acids is 1. The number of rotatable bonds is 3. The van der Waals surface area contributed by atoms with Crippen LogP contribution in [0.5, 0.6) is 0 Å². The van der Waals surface area contributed by atoms with E-state index in [4.69, 9.17) is 0 Å². The predicted molar refractivity (Wildman–Crippen MR) is 129 cm³/mol. The maximum Gasteiger partial charge on any atom is 0.278 e. The lowest BCUT2D eigenvalue weighted by Crippen LogP contribution is -3.13. The molecule has 2 aromatic rings. The fourth-order valence-electron chi connectivity index (χ4n) is 7.33. The smallest absolute Gasteiger partial charge is 0.278 e. The second-order valence-electron chi connectivity index (χ2n) is 11.0. The first-order chi connectivity index (χ1) is 15.8. The largest absolute Gasteiger partial charge is 0.341 e. The van der Waals surface area contributed by atoms with Gasteiger partial charge in [0.15, 0.2) is 6.54 Å². The van der Waals surface area contributed by atoms with Crippen LogP contribution in [0.4, 0.5) is 0 Å². The van der Waals surface area contributed by atoms with E-state index in [1.807, 2.05) is 0 Å². The van der Waals surface area contributed by atoms with Gasteiger partial charge in [0.25, 0.3) is 5.91 Å². The molecule has 0 bridgehead atoms. The lowest BCUT2D eigenvalue weighted by molar-refractivity contribution is -0.891. The molecule has 3 heterocycles. The Bertz CT molecular complexity index is 978. The Labute approximate surface area is 192 Å². The highest BCUT2D eigenvalue weighted by Crippen LogP contribution is 2.44. The number of benzene rings is 1. The van der Waals surface area contributed by atoms with E-state index in [0.717, 1.165) is 25.4 Å². The third-order valence-corrected chi connectivity index (χ3v) is 9.01. The average Bonchev–Trinajstić information content (AvgIpc) is 2.97. The van der Waals surface area contributed by atoms with E-state index in [2.05, 4.69) is 27.7 Å². The lowest BCUT2D eigenvalue weighted by Gasteiger charge is -2.40. The zero-order chi connectivity index (χ0) is 21.5. The van der Waals surface area contributed by atoms with E-state index in [1.54, 1.807) is 11.1 Å². The molecule has 1 atom stereocenters. The number of hydrogen-bond donors (Lipinski definition) is 1. The molecule has 1 N–H and O–H groups in total. The molecule has 4 aliphatic rings. The molecule has 32 heavy (non-hydrogen) atoms. The fourth-order valence-corrected chi connectivity index (χ4v) is 7.33. The summed E-state index contributed by atoms with van der Waals surface area (Å²) in [6, 6.07) is 7.68. The SMILES string of the molecule is O=C(C[NH+]1CCCCCC1)N1CCn2c3c(c4cc(C5CCCCC5)ccc42)CCC[C@H]31. The topological polar surface area (TPSA) is 29.7 Å². The highest BCUT2D eigenvalue weighted by molar-refractivity contribution is 5.88. The van der Waals surface area contributed by atoms with E-state index in [-0.39, 0.29) is 0 Å². The monoisotopic (exact) mass is 434 g/mol. The van der Waals surface area contributed by atoms with Crippen LogP contribution < -0.4 is 4.90 Å². The Morgan fingerprint density at radius 2 is 1.69 bits per heavy atom. The Morgan fingerprint density at radius 1 is 0.906 bits per heavy atom. The normalized spacial score (nSPS) is 25.0. The number of hydrogen-bond acceptors (Lipinski definition) is 1. The Kier molecular flexibility index (Phi) is 5.75. The number of carbonyl (C=O) groups is 1. The molecule has 1 aromatic carbocycles. The molecule has 0 spiro atoms. The van der Waals surface area contributed by atoms with E-state index in [1.165, 1.54) is 105 Å². The summed E-state index contributed by atoms with van der Waals surface area (Å²) < 4.78 is 2.59. The summed E-state index contributed by atoms with van der Waals surface area (Å²) in [6.45, 7) is 4.92. The third-order valence-electron chi connectivity index (χ3n) is 9.01. The maximum absolute atomic E-state index is 13.5. The zero-order valence-electron chi connectivity index (χ0n) is 19.7. The summed E-state index contributed by atoms with van der Waals surface area (Å²) in [5, 5.41) is 1.50. The van der Waals surface area contributed by atoms with Gasteiger partial charge in [-0.05, 0) is 87.0 Å². The molecule has 2 aliphatic carbocycles. The van der Waals surface area contributed by atoms with Gasteiger partial charge in [0.05, 0.1) is 19.1 Å². The van der Waals surface area contributed by atoms with Gasteiger partial charge >= 0.3 is 0 Å². The lowest BCUT2D eigenvalue weighted by atomic mass is 9.83. The summed E-state index contributed by atoms with van der Waals surface area (Å²) in [6.07, 6.45) is 15.7. The van der Waals surface area contributed by atoms with E-state index >= 15 is 0 Å². The van der Waals surface area contributed by atoms with Crippen molar-refractivity contribution < 1.29 is 9.69 Å². The van der Waals surface area contributed by atoms with Crippen LogP contribution in [0.25, 0.3) is 10.9 Å². The predicted octanol–water partition coefficient (Wildman–Crippen LogP) is 4.37. The molecule has 4 heteroatoms. The first-order valence-electron chi connectivity index (χ1n) is 13.6. The van der Waals surface area contributed by atoms with Crippen molar-refractivity contribution in [2.75, 3.05) is 26.2 Å². The highest BCUT2D eigenvalue weighted by atomic mass is 16.2. The van der Waals surface area contributed by atoms with Gasteiger partial charge in [0, 0.05) is 29.7 Å². The summed E-state index contributed by atoms with van der Waals surface area (Å²) >= 11 is 0. The summed E-state index contributed by atoms with van der Waals surface area (Å²) in [5.41, 5.74) is 6.04. The Hall–Kier alpha value is -1.81. The van der Waals surface area contributed by atoms with Gasteiger partial charge in [-0.2, -0.15) is 0 Å². The maximum atomic E-state index is 13.5. The fraction of sp³-hybridized carbons (Fsp3) is 0.679.